The summed E-state index contributed by atoms with van der Waals surface area (Å²) < 4.78 is 15.9. The number of esters is 2. The highest BCUT2D eigenvalue weighted by Crippen LogP contribution is 2.61. The number of carbonyl (C=O) groups excluding carboxylic acids is 2. The summed E-state index contributed by atoms with van der Waals surface area (Å²) >= 11 is 0. The molecule has 0 radical (unpaired) electrons. The van der Waals surface area contributed by atoms with Crippen LogP contribution in [0.4, 0.5) is 0 Å². The van der Waals surface area contributed by atoms with Crippen LogP contribution in [0.2, 0.25) is 0 Å². The monoisotopic (exact) mass is 404 g/mol. The third-order valence-corrected chi connectivity index (χ3v) is 5.44. The van der Waals surface area contributed by atoms with Gasteiger partial charge in [0, 0.05) is 0 Å². The van der Waals surface area contributed by atoms with Gasteiger partial charge in [0.05, 0.1) is 32.3 Å². The highest BCUT2D eigenvalue weighted by molar-refractivity contribution is 6.06. The summed E-state index contributed by atoms with van der Waals surface area (Å²) in [4.78, 5) is 26.0. The average molecular weight is 404 g/mol. The van der Waals surface area contributed by atoms with E-state index in [2.05, 4.69) is 0 Å². The van der Waals surface area contributed by atoms with E-state index in [1.165, 1.54) is 0 Å². The number of benzene rings is 2. The van der Waals surface area contributed by atoms with Crippen molar-refractivity contribution in [2.75, 3.05) is 14.2 Å². The Morgan fingerprint density at radius 1 is 0.900 bits per heavy atom. The van der Waals surface area contributed by atoms with Gasteiger partial charge in [-0.1, -0.05) is 60.2 Å². The fourth-order valence-corrected chi connectivity index (χ4v) is 4.02. The molecule has 1 aliphatic rings. The predicted octanol–water partition coefficient (Wildman–Crippen LogP) is 2.97. The third kappa shape index (κ3) is 2.92. The largest absolute Gasteiger partial charge is 0.466 e. The molecule has 0 bridgehead atoms. The third-order valence-electron chi connectivity index (χ3n) is 5.44. The zero-order chi connectivity index (χ0) is 21.9. The quantitative estimate of drug-likeness (QED) is 0.569. The van der Waals surface area contributed by atoms with Crippen LogP contribution in [-0.2, 0) is 23.8 Å². The van der Waals surface area contributed by atoms with Crippen molar-refractivity contribution < 1.29 is 23.8 Å². The molecule has 152 valence electrons. The van der Waals surface area contributed by atoms with Crippen molar-refractivity contribution in [3.63, 3.8) is 0 Å². The summed E-state index contributed by atoms with van der Waals surface area (Å²) in [6.45, 7) is 1.89. The molecule has 0 saturated carbocycles. The van der Waals surface area contributed by atoms with Crippen LogP contribution in [0, 0.1) is 35.0 Å². The number of methoxy groups -OCH3 is 2. The Kier molecular flexibility index (Phi) is 5.60. The summed E-state index contributed by atoms with van der Waals surface area (Å²) in [6, 6.07) is 19.5. The number of ether oxygens (including phenoxy) is 3. The van der Waals surface area contributed by atoms with Gasteiger partial charge in [-0.2, -0.15) is 10.5 Å². The SMILES string of the molecule is COC(=O)C1(C(=O)OC)OC(c2ccc(C)cc2)C(C#N)(C#N)C1c1ccccc1. The van der Waals surface area contributed by atoms with Crippen molar-refractivity contribution in [3.05, 3.63) is 71.3 Å². The van der Waals surface area contributed by atoms with Gasteiger partial charge in [-0.15, -0.1) is 0 Å². The minimum Gasteiger partial charge on any atom is -0.466 e. The van der Waals surface area contributed by atoms with Gasteiger partial charge in [0.2, 0.25) is 0 Å². The summed E-state index contributed by atoms with van der Waals surface area (Å²) in [5.74, 6) is -3.35. The Balaban J connectivity index is 2.38. The van der Waals surface area contributed by atoms with Crippen molar-refractivity contribution in [2.24, 2.45) is 5.41 Å². The first-order chi connectivity index (χ1) is 14.4. The topological polar surface area (TPSA) is 109 Å². The summed E-state index contributed by atoms with van der Waals surface area (Å²) in [6.07, 6.45) is -1.20. The zero-order valence-electron chi connectivity index (χ0n) is 16.8. The second-order valence-corrected chi connectivity index (χ2v) is 7.06. The number of nitrogens with zero attached hydrogens (tertiary/aromatic N) is 2. The molecule has 1 saturated heterocycles. The maximum Gasteiger partial charge on any atom is 0.350 e. The fourth-order valence-electron chi connectivity index (χ4n) is 4.02. The predicted molar refractivity (Wildman–Crippen MR) is 105 cm³/mol. The molecule has 2 aromatic carbocycles. The Hall–Kier alpha value is -3.68. The fraction of sp³-hybridized carbons (Fsp3) is 0.304. The molecule has 2 atom stereocenters. The normalized spacial score (nSPS) is 21.1. The molecule has 7 heteroatoms. The van der Waals surface area contributed by atoms with Gasteiger partial charge in [0.1, 0.15) is 6.10 Å². The minimum atomic E-state index is -2.33. The van der Waals surface area contributed by atoms with Crippen molar-refractivity contribution in [3.8, 4) is 12.1 Å². The molecular weight excluding hydrogens is 384 g/mol. The highest BCUT2D eigenvalue weighted by atomic mass is 16.6. The second kappa shape index (κ2) is 7.98. The standard InChI is InChI=1S/C23H20N2O5/c1-15-9-11-17(12-10-15)19-22(13-24,14-25)18(16-7-5-4-6-8-16)23(30-19,20(26)28-2)21(27)29-3/h4-12,18-19H,1-3H3. The molecule has 7 nitrogen and oxygen atoms in total. The summed E-state index contributed by atoms with van der Waals surface area (Å²) in [5, 5.41) is 20.4. The van der Waals surface area contributed by atoms with Gasteiger partial charge in [-0.25, -0.2) is 9.59 Å². The molecule has 2 unspecified atom stereocenters. The van der Waals surface area contributed by atoms with E-state index in [0.29, 0.717) is 11.1 Å². The van der Waals surface area contributed by atoms with Crippen molar-refractivity contribution in [2.45, 2.75) is 24.5 Å². The molecule has 3 rings (SSSR count). The average Bonchev–Trinajstić information content (AvgIpc) is 3.11. The van der Waals surface area contributed by atoms with E-state index in [-0.39, 0.29) is 0 Å². The van der Waals surface area contributed by atoms with E-state index >= 15 is 0 Å². The van der Waals surface area contributed by atoms with E-state index in [1.807, 2.05) is 19.1 Å². The van der Waals surface area contributed by atoms with Crippen LogP contribution in [0.25, 0.3) is 0 Å². The molecule has 0 amide bonds. The molecular formula is C23H20N2O5. The second-order valence-electron chi connectivity index (χ2n) is 7.06. The highest BCUT2D eigenvalue weighted by Gasteiger charge is 2.74. The zero-order valence-corrected chi connectivity index (χ0v) is 16.8. The van der Waals surface area contributed by atoms with E-state index in [0.717, 1.165) is 19.8 Å². The van der Waals surface area contributed by atoms with Gasteiger partial charge >= 0.3 is 11.9 Å². The van der Waals surface area contributed by atoms with Crippen LogP contribution in [0.15, 0.2) is 54.6 Å². The molecule has 0 N–H and O–H groups in total. The lowest BCUT2D eigenvalue weighted by Gasteiger charge is -2.31. The first-order valence-corrected chi connectivity index (χ1v) is 9.20. The van der Waals surface area contributed by atoms with E-state index in [1.54, 1.807) is 54.6 Å². The first kappa shape index (κ1) is 21.0. The van der Waals surface area contributed by atoms with Crippen molar-refractivity contribution in [1.29, 1.82) is 10.5 Å². The lowest BCUT2D eigenvalue weighted by Crippen LogP contribution is -2.53. The van der Waals surface area contributed by atoms with Crippen LogP contribution in [0.3, 0.4) is 0 Å². The van der Waals surface area contributed by atoms with Gasteiger partial charge in [-0.05, 0) is 18.1 Å². The molecule has 30 heavy (non-hydrogen) atoms. The lowest BCUT2D eigenvalue weighted by molar-refractivity contribution is -0.187. The Morgan fingerprint density at radius 2 is 1.43 bits per heavy atom. The molecule has 0 aliphatic carbocycles. The van der Waals surface area contributed by atoms with Crippen molar-refractivity contribution >= 4 is 11.9 Å². The number of nitriles is 2. The first-order valence-electron chi connectivity index (χ1n) is 9.20. The Bertz CT molecular complexity index is 1000. The van der Waals surface area contributed by atoms with Gasteiger partial charge in [-0.3, -0.25) is 0 Å². The molecule has 1 fully saturated rings. The molecule has 1 aliphatic heterocycles. The number of rotatable bonds is 4. The molecule has 2 aromatic rings. The van der Waals surface area contributed by atoms with Crippen molar-refractivity contribution in [1.82, 2.24) is 0 Å². The summed E-state index contributed by atoms with van der Waals surface area (Å²) in [5.41, 5.74) is -2.38. The molecule has 1 heterocycles. The Labute approximate surface area is 174 Å². The summed E-state index contributed by atoms with van der Waals surface area (Å²) in [7, 11) is 2.22. The van der Waals surface area contributed by atoms with Crippen LogP contribution in [0.5, 0.6) is 0 Å². The van der Waals surface area contributed by atoms with Crippen LogP contribution < -0.4 is 0 Å². The molecule has 0 spiro atoms. The van der Waals surface area contributed by atoms with Gasteiger partial charge in [0.25, 0.3) is 5.60 Å². The van der Waals surface area contributed by atoms with Crippen LogP contribution in [-0.4, -0.2) is 31.8 Å². The minimum absolute atomic E-state index is 0.408. The maximum atomic E-state index is 13.0. The van der Waals surface area contributed by atoms with Crippen LogP contribution >= 0.6 is 0 Å². The van der Waals surface area contributed by atoms with E-state index < -0.39 is 35.0 Å². The molecule has 0 aromatic heterocycles. The number of hydrogen-bond donors (Lipinski definition) is 0. The van der Waals surface area contributed by atoms with Gasteiger partial charge < -0.3 is 14.2 Å². The van der Waals surface area contributed by atoms with Gasteiger partial charge in [0.15, 0.2) is 5.41 Å². The number of aryl methyl sites for hydroxylation is 1. The number of hydrogen-bond acceptors (Lipinski definition) is 7. The Morgan fingerprint density at radius 3 is 1.90 bits per heavy atom. The lowest BCUT2D eigenvalue weighted by atomic mass is 9.65. The van der Waals surface area contributed by atoms with E-state index in [9.17, 15) is 20.1 Å². The van der Waals surface area contributed by atoms with E-state index in [4.69, 9.17) is 14.2 Å². The smallest absolute Gasteiger partial charge is 0.350 e. The maximum absolute atomic E-state index is 13.0. The number of carbonyl (C=O) groups is 2. The van der Waals surface area contributed by atoms with Crippen LogP contribution in [0.1, 0.15) is 28.7 Å².